The van der Waals surface area contributed by atoms with Gasteiger partial charge < -0.3 is 14.7 Å². The fraction of sp³-hybridized carbons (Fsp3) is 0.538. The third-order valence-corrected chi connectivity index (χ3v) is 8.98. The van der Waals surface area contributed by atoms with Crippen LogP contribution in [0.4, 0.5) is 0 Å². The number of benzene rings is 2. The van der Waals surface area contributed by atoms with E-state index in [0.717, 1.165) is 30.4 Å². The summed E-state index contributed by atoms with van der Waals surface area (Å²) in [7, 11) is -3.92. The standard InChI is InChI=1S/C26H35ClN4O4S/c1-3-30(16-15-29-12-5-4-6-13-29)25(32)19(2)31-14-11-24(26(31)33)28-36(34,35)23-10-8-20-17-22(27)9-7-21(20)18-23/h7-10,17-19,24,28H,3-6,11-16H2,1-2H3/t19-,24-/m0/s1. The quantitative estimate of drug-likeness (QED) is 0.534. The zero-order valence-electron chi connectivity index (χ0n) is 21.0. The molecule has 2 saturated heterocycles. The van der Waals surface area contributed by atoms with Gasteiger partial charge in [0.15, 0.2) is 0 Å². The van der Waals surface area contributed by atoms with Crippen LogP contribution in [-0.2, 0) is 19.6 Å². The van der Waals surface area contributed by atoms with E-state index in [1.165, 1.54) is 30.2 Å². The van der Waals surface area contributed by atoms with Crippen LogP contribution in [-0.4, -0.2) is 86.3 Å². The van der Waals surface area contributed by atoms with Gasteiger partial charge in [0.1, 0.15) is 12.1 Å². The van der Waals surface area contributed by atoms with Gasteiger partial charge in [-0.05, 0) is 81.2 Å². The molecule has 2 atom stereocenters. The van der Waals surface area contributed by atoms with E-state index in [-0.39, 0.29) is 16.7 Å². The van der Waals surface area contributed by atoms with E-state index in [2.05, 4.69) is 9.62 Å². The van der Waals surface area contributed by atoms with Gasteiger partial charge in [-0.15, -0.1) is 0 Å². The van der Waals surface area contributed by atoms with E-state index in [0.29, 0.717) is 31.1 Å². The van der Waals surface area contributed by atoms with Gasteiger partial charge in [0.05, 0.1) is 4.90 Å². The molecule has 10 heteroatoms. The lowest BCUT2D eigenvalue weighted by Crippen LogP contribution is -2.51. The zero-order chi connectivity index (χ0) is 25.9. The summed E-state index contributed by atoms with van der Waals surface area (Å²) in [5.74, 6) is -0.460. The van der Waals surface area contributed by atoms with Crippen LogP contribution in [0.3, 0.4) is 0 Å². The minimum Gasteiger partial charge on any atom is -0.340 e. The second-order valence-electron chi connectivity index (χ2n) is 9.64. The average molecular weight is 535 g/mol. The number of likely N-dealkylation sites (N-methyl/N-ethyl adjacent to an activating group) is 1. The second kappa shape index (κ2) is 11.5. The Morgan fingerprint density at radius 1 is 1.11 bits per heavy atom. The molecule has 2 aliphatic heterocycles. The first kappa shape index (κ1) is 26.9. The summed E-state index contributed by atoms with van der Waals surface area (Å²) in [5, 5.41) is 2.15. The van der Waals surface area contributed by atoms with Crippen molar-refractivity contribution in [2.45, 2.75) is 56.5 Å². The highest BCUT2D eigenvalue weighted by atomic mass is 35.5. The summed E-state index contributed by atoms with van der Waals surface area (Å²) in [4.78, 5) is 32.1. The Kier molecular flexibility index (Phi) is 8.55. The van der Waals surface area contributed by atoms with Crippen LogP contribution in [0.25, 0.3) is 10.8 Å². The highest BCUT2D eigenvalue weighted by Gasteiger charge is 2.40. The first-order valence-electron chi connectivity index (χ1n) is 12.7. The number of carbonyl (C=O) groups excluding carboxylic acids is 2. The number of fused-ring (bicyclic) bond motifs is 1. The van der Waals surface area contributed by atoms with Crippen molar-refractivity contribution >= 4 is 44.2 Å². The molecule has 4 rings (SSSR count). The van der Waals surface area contributed by atoms with E-state index < -0.39 is 22.1 Å². The SMILES string of the molecule is CCN(CCN1CCCCC1)C(=O)[C@H](C)N1CC[C@H](NS(=O)(=O)c2ccc3cc(Cl)ccc3c2)C1=O. The molecular weight excluding hydrogens is 500 g/mol. The fourth-order valence-corrected chi connectivity index (χ4v) is 6.52. The molecule has 0 spiro atoms. The van der Waals surface area contributed by atoms with E-state index >= 15 is 0 Å². The molecule has 2 heterocycles. The predicted molar refractivity (Wildman–Crippen MR) is 141 cm³/mol. The van der Waals surface area contributed by atoms with Crippen LogP contribution >= 0.6 is 11.6 Å². The Balaban J connectivity index is 1.38. The molecule has 1 N–H and O–H groups in total. The molecule has 0 saturated carbocycles. The number of halogens is 1. The molecule has 8 nitrogen and oxygen atoms in total. The smallest absolute Gasteiger partial charge is 0.245 e. The maximum Gasteiger partial charge on any atom is 0.245 e. The molecule has 0 unspecified atom stereocenters. The normalized spacial score (nSPS) is 20.1. The lowest BCUT2D eigenvalue weighted by atomic mass is 10.1. The minimum absolute atomic E-state index is 0.0857. The van der Waals surface area contributed by atoms with Crippen molar-refractivity contribution in [1.82, 2.24) is 19.4 Å². The largest absolute Gasteiger partial charge is 0.340 e. The predicted octanol–water partition coefficient (Wildman–Crippen LogP) is 3.10. The van der Waals surface area contributed by atoms with Gasteiger partial charge in [-0.2, -0.15) is 4.72 Å². The van der Waals surface area contributed by atoms with Crippen molar-refractivity contribution in [3.63, 3.8) is 0 Å². The average Bonchev–Trinajstić information content (AvgIpc) is 3.23. The highest BCUT2D eigenvalue weighted by Crippen LogP contribution is 2.24. The van der Waals surface area contributed by atoms with Gasteiger partial charge in [0.25, 0.3) is 0 Å². The zero-order valence-corrected chi connectivity index (χ0v) is 22.5. The highest BCUT2D eigenvalue weighted by molar-refractivity contribution is 7.89. The van der Waals surface area contributed by atoms with Crippen LogP contribution in [0.5, 0.6) is 0 Å². The van der Waals surface area contributed by atoms with Crippen molar-refractivity contribution in [2.75, 3.05) is 39.3 Å². The van der Waals surface area contributed by atoms with Crippen molar-refractivity contribution in [3.05, 3.63) is 41.4 Å². The van der Waals surface area contributed by atoms with E-state index in [9.17, 15) is 18.0 Å². The van der Waals surface area contributed by atoms with Crippen LogP contribution in [0.1, 0.15) is 39.5 Å². The molecule has 2 fully saturated rings. The molecule has 2 amide bonds. The number of likely N-dealkylation sites (tertiary alicyclic amines) is 2. The molecule has 0 aromatic heterocycles. The number of nitrogens with zero attached hydrogens (tertiary/aromatic N) is 3. The summed E-state index contributed by atoms with van der Waals surface area (Å²) in [5.41, 5.74) is 0. The summed E-state index contributed by atoms with van der Waals surface area (Å²) in [6, 6.07) is 8.47. The minimum atomic E-state index is -3.92. The van der Waals surface area contributed by atoms with Gasteiger partial charge in [-0.25, -0.2) is 8.42 Å². The first-order valence-corrected chi connectivity index (χ1v) is 14.6. The first-order chi connectivity index (χ1) is 17.2. The maximum absolute atomic E-state index is 13.2. The number of hydrogen-bond donors (Lipinski definition) is 1. The Morgan fingerprint density at radius 3 is 2.53 bits per heavy atom. The molecule has 36 heavy (non-hydrogen) atoms. The summed E-state index contributed by atoms with van der Waals surface area (Å²) >= 11 is 6.02. The van der Waals surface area contributed by atoms with Gasteiger partial charge in [-0.3, -0.25) is 9.59 Å². The van der Waals surface area contributed by atoms with Crippen LogP contribution in [0, 0.1) is 0 Å². The van der Waals surface area contributed by atoms with Crippen LogP contribution < -0.4 is 4.72 Å². The summed E-state index contributed by atoms with van der Waals surface area (Å²) in [6.07, 6.45) is 3.98. The van der Waals surface area contributed by atoms with E-state index in [1.54, 1.807) is 42.2 Å². The van der Waals surface area contributed by atoms with E-state index in [1.807, 2.05) is 6.92 Å². The lowest BCUT2D eigenvalue weighted by Gasteiger charge is -2.33. The van der Waals surface area contributed by atoms with Crippen molar-refractivity contribution in [1.29, 1.82) is 0 Å². The number of hydrogen-bond acceptors (Lipinski definition) is 5. The molecular formula is C26H35ClN4O4S. The molecule has 2 aliphatic rings. The molecule has 0 radical (unpaired) electrons. The van der Waals surface area contributed by atoms with Crippen LogP contribution in [0.15, 0.2) is 41.3 Å². The summed E-state index contributed by atoms with van der Waals surface area (Å²) in [6.45, 7) is 8.18. The molecule has 196 valence electrons. The molecule has 0 bridgehead atoms. The molecule has 0 aliphatic carbocycles. The van der Waals surface area contributed by atoms with Gasteiger partial charge in [0.2, 0.25) is 21.8 Å². The number of rotatable bonds is 9. The van der Waals surface area contributed by atoms with Crippen molar-refractivity contribution < 1.29 is 18.0 Å². The lowest BCUT2D eigenvalue weighted by molar-refractivity contribution is -0.143. The Labute approximate surface area is 218 Å². The van der Waals surface area contributed by atoms with Gasteiger partial charge >= 0.3 is 0 Å². The van der Waals surface area contributed by atoms with Gasteiger partial charge in [-0.1, -0.05) is 30.2 Å². The Morgan fingerprint density at radius 2 is 1.81 bits per heavy atom. The fourth-order valence-electron chi connectivity index (χ4n) is 5.08. The number of sulfonamides is 1. The second-order valence-corrected chi connectivity index (χ2v) is 11.8. The topological polar surface area (TPSA) is 90.0 Å². The molecule has 2 aromatic carbocycles. The van der Waals surface area contributed by atoms with Crippen molar-refractivity contribution in [3.8, 4) is 0 Å². The monoisotopic (exact) mass is 534 g/mol. The summed E-state index contributed by atoms with van der Waals surface area (Å²) < 4.78 is 28.7. The molecule has 2 aromatic rings. The third kappa shape index (κ3) is 6.02. The van der Waals surface area contributed by atoms with Gasteiger partial charge in [0, 0.05) is 31.2 Å². The van der Waals surface area contributed by atoms with E-state index in [4.69, 9.17) is 11.6 Å². The van der Waals surface area contributed by atoms with Crippen molar-refractivity contribution in [2.24, 2.45) is 0 Å². The number of piperidine rings is 1. The number of amides is 2. The van der Waals surface area contributed by atoms with Crippen LogP contribution in [0.2, 0.25) is 5.02 Å². The number of carbonyl (C=O) groups is 2. The maximum atomic E-state index is 13.2. The third-order valence-electron chi connectivity index (χ3n) is 7.27. The Bertz CT molecular complexity index is 1220. The Hall–Kier alpha value is -2.20. The number of nitrogens with one attached hydrogen (secondary N) is 1.